The maximum atomic E-state index is 13.0. The molecule has 0 spiro atoms. The van der Waals surface area contributed by atoms with E-state index in [2.05, 4.69) is 5.32 Å². The number of methoxy groups -OCH3 is 1. The van der Waals surface area contributed by atoms with E-state index in [-0.39, 0.29) is 17.2 Å². The Hall–Kier alpha value is -1.49. The Bertz CT molecular complexity index is 1070. The molecule has 1 heterocycles. The molecular formula is C23H28Cl2N2O5S2. The van der Waals surface area contributed by atoms with Crippen molar-refractivity contribution in [2.24, 2.45) is 0 Å². The van der Waals surface area contributed by atoms with Crippen molar-refractivity contribution >= 4 is 50.9 Å². The van der Waals surface area contributed by atoms with E-state index < -0.39 is 10.0 Å². The largest absolute Gasteiger partial charge is 0.496 e. The van der Waals surface area contributed by atoms with Crippen molar-refractivity contribution < 1.29 is 22.7 Å². The molecule has 1 fully saturated rings. The van der Waals surface area contributed by atoms with Gasteiger partial charge in [-0.2, -0.15) is 16.1 Å². The van der Waals surface area contributed by atoms with Crippen LogP contribution in [0.1, 0.15) is 17.5 Å². The highest BCUT2D eigenvalue weighted by Gasteiger charge is 2.27. The van der Waals surface area contributed by atoms with Gasteiger partial charge in [-0.15, -0.1) is 0 Å². The number of thioether (sulfide) groups is 1. The molecule has 2 aromatic rings. The maximum absolute atomic E-state index is 13.0. The summed E-state index contributed by atoms with van der Waals surface area (Å²) in [6, 6.07) is 10.2. The summed E-state index contributed by atoms with van der Waals surface area (Å²) >= 11 is 14.0. The maximum Gasteiger partial charge on any atom is 0.243 e. The van der Waals surface area contributed by atoms with E-state index in [4.69, 9.17) is 32.7 Å². The molecule has 2 aromatic carbocycles. The minimum atomic E-state index is -3.62. The van der Waals surface area contributed by atoms with E-state index in [0.29, 0.717) is 72.1 Å². The molecular weight excluding hydrogens is 519 g/mol. The third-order valence-corrected chi connectivity index (χ3v) is 8.95. The first-order valence-electron chi connectivity index (χ1n) is 10.8. The smallest absolute Gasteiger partial charge is 0.243 e. The van der Waals surface area contributed by atoms with Crippen LogP contribution < -0.4 is 10.1 Å². The van der Waals surface area contributed by atoms with Crippen LogP contribution in [0.15, 0.2) is 41.3 Å². The zero-order valence-corrected chi connectivity index (χ0v) is 22.0. The minimum Gasteiger partial charge on any atom is -0.496 e. The highest BCUT2D eigenvalue weighted by atomic mass is 35.5. The van der Waals surface area contributed by atoms with Crippen LogP contribution in [-0.2, 0) is 31.7 Å². The summed E-state index contributed by atoms with van der Waals surface area (Å²) in [4.78, 5) is 12.5. The number of nitrogens with one attached hydrogen (secondary N) is 1. The van der Waals surface area contributed by atoms with Gasteiger partial charge in [0.05, 0.1) is 25.2 Å². The number of hydrogen-bond acceptors (Lipinski definition) is 6. The first-order valence-corrected chi connectivity index (χ1v) is 14.2. The number of nitrogens with zero attached hydrogens (tertiary/aromatic N) is 1. The quantitative estimate of drug-likeness (QED) is 0.428. The van der Waals surface area contributed by atoms with Crippen LogP contribution in [0.4, 0.5) is 0 Å². The molecule has 7 nitrogen and oxygen atoms in total. The highest BCUT2D eigenvalue weighted by molar-refractivity contribution is 7.98. The Morgan fingerprint density at radius 3 is 2.56 bits per heavy atom. The molecule has 0 bridgehead atoms. The van der Waals surface area contributed by atoms with Crippen molar-refractivity contribution in [3.63, 3.8) is 0 Å². The Morgan fingerprint density at radius 2 is 1.88 bits per heavy atom. The summed E-state index contributed by atoms with van der Waals surface area (Å²) in [5.74, 6) is 1.82. The molecule has 0 saturated carbocycles. The number of sulfonamides is 1. The van der Waals surface area contributed by atoms with Crippen molar-refractivity contribution in [1.29, 1.82) is 0 Å². The SMILES string of the molecule is COc1ccc(S(=O)(=O)N2CCOCC2)cc1CCC(=O)NCCSCc1c(Cl)cccc1Cl. The lowest BCUT2D eigenvalue weighted by Crippen LogP contribution is -2.40. The second-order valence-electron chi connectivity index (χ2n) is 7.59. The van der Waals surface area contributed by atoms with Crippen LogP contribution in [-0.4, -0.2) is 64.3 Å². The summed E-state index contributed by atoms with van der Waals surface area (Å²) in [5, 5.41) is 4.17. The van der Waals surface area contributed by atoms with Crippen LogP contribution in [0.3, 0.4) is 0 Å². The first-order chi connectivity index (χ1) is 16.3. The van der Waals surface area contributed by atoms with Crippen molar-refractivity contribution in [3.8, 4) is 5.75 Å². The molecule has 0 radical (unpaired) electrons. The lowest BCUT2D eigenvalue weighted by molar-refractivity contribution is -0.120. The van der Waals surface area contributed by atoms with Crippen LogP contribution in [0.5, 0.6) is 5.75 Å². The number of aryl methyl sites for hydroxylation is 1. The van der Waals surface area contributed by atoms with Gasteiger partial charge in [-0.3, -0.25) is 4.79 Å². The molecule has 1 saturated heterocycles. The summed E-state index contributed by atoms with van der Waals surface area (Å²) in [6.45, 7) is 1.92. The summed E-state index contributed by atoms with van der Waals surface area (Å²) < 4.78 is 38.0. The van der Waals surface area contributed by atoms with Gasteiger partial charge in [0.1, 0.15) is 5.75 Å². The lowest BCUT2D eigenvalue weighted by Gasteiger charge is -2.26. The molecule has 1 aliphatic heterocycles. The van der Waals surface area contributed by atoms with E-state index in [0.717, 1.165) is 5.56 Å². The fourth-order valence-electron chi connectivity index (χ4n) is 3.49. The number of carbonyl (C=O) groups excluding carboxylic acids is 1. The van der Waals surface area contributed by atoms with Crippen molar-refractivity contribution in [3.05, 3.63) is 57.6 Å². The van der Waals surface area contributed by atoms with Gasteiger partial charge in [-0.25, -0.2) is 8.42 Å². The van der Waals surface area contributed by atoms with E-state index >= 15 is 0 Å². The number of amides is 1. The number of carbonyl (C=O) groups is 1. The molecule has 3 rings (SSSR count). The average molecular weight is 548 g/mol. The zero-order valence-electron chi connectivity index (χ0n) is 18.9. The number of benzene rings is 2. The monoisotopic (exact) mass is 546 g/mol. The second-order valence-corrected chi connectivity index (χ2v) is 11.5. The number of hydrogen-bond donors (Lipinski definition) is 1. The summed E-state index contributed by atoms with van der Waals surface area (Å²) in [5.41, 5.74) is 1.57. The van der Waals surface area contributed by atoms with Crippen molar-refractivity contribution in [1.82, 2.24) is 9.62 Å². The molecule has 11 heteroatoms. The summed E-state index contributed by atoms with van der Waals surface area (Å²) in [7, 11) is -2.10. The van der Waals surface area contributed by atoms with E-state index in [1.54, 1.807) is 36.0 Å². The fourth-order valence-corrected chi connectivity index (χ4v) is 6.55. The Morgan fingerprint density at radius 1 is 1.18 bits per heavy atom. The predicted molar refractivity (Wildman–Crippen MR) is 137 cm³/mol. The molecule has 0 aliphatic carbocycles. The Kier molecular flexibility index (Phi) is 10.4. The normalized spacial score (nSPS) is 14.7. The van der Waals surface area contributed by atoms with Crippen LogP contribution in [0.2, 0.25) is 10.0 Å². The second kappa shape index (κ2) is 13.0. The average Bonchev–Trinajstić information content (AvgIpc) is 2.84. The Labute approximate surface area is 215 Å². The topological polar surface area (TPSA) is 84.9 Å². The molecule has 0 aromatic heterocycles. The summed E-state index contributed by atoms with van der Waals surface area (Å²) in [6.07, 6.45) is 0.586. The third kappa shape index (κ3) is 7.26. The van der Waals surface area contributed by atoms with Crippen LogP contribution in [0, 0.1) is 0 Å². The van der Waals surface area contributed by atoms with E-state index in [1.165, 1.54) is 17.5 Å². The van der Waals surface area contributed by atoms with Crippen molar-refractivity contribution in [2.75, 3.05) is 45.7 Å². The molecule has 0 unspecified atom stereocenters. The number of rotatable bonds is 11. The highest BCUT2D eigenvalue weighted by Crippen LogP contribution is 2.28. The van der Waals surface area contributed by atoms with E-state index in [1.807, 2.05) is 6.07 Å². The predicted octanol–water partition coefficient (Wildman–Crippen LogP) is 4.01. The van der Waals surface area contributed by atoms with Gasteiger partial charge in [0.15, 0.2) is 0 Å². The standard InChI is InChI=1S/C23H28Cl2N2O5S2/c1-31-22-7-6-18(34(29,30)27-10-12-32-13-11-27)15-17(22)5-8-23(28)26-9-14-33-16-19-20(24)3-2-4-21(19)25/h2-4,6-7,15H,5,8-14,16H2,1H3,(H,26,28). The molecule has 1 aliphatic rings. The molecule has 186 valence electrons. The van der Waals surface area contributed by atoms with Gasteiger partial charge >= 0.3 is 0 Å². The minimum absolute atomic E-state index is 0.111. The van der Waals surface area contributed by atoms with Gasteiger partial charge in [0.2, 0.25) is 15.9 Å². The van der Waals surface area contributed by atoms with Crippen LogP contribution >= 0.6 is 35.0 Å². The van der Waals surface area contributed by atoms with E-state index in [9.17, 15) is 13.2 Å². The van der Waals surface area contributed by atoms with Gasteiger partial charge in [0, 0.05) is 47.6 Å². The van der Waals surface area contributed by atoms with Gasteiger partial charge in [-0.05, 0) is 47.9 Å². The number of ether oxygens (including phenoxy) is 2. The molecule has 1 amide bonds. The molecule has 0 atom stereocenters. The molecule has 1 N–H and O–H groups in total. The first kappa shape index (κ1) is 27.1. The number of morpholine rings is 1. The Balaban J connectivity index is 1.50. The molecule has 34 heavy (non-hydrogen) atoms. The van der Waals surface area contributed by atoms with Gasteiger partial charge in [0.25, 0.3) is 0 Å². The van der Waals surface area contributed by atoms with Crippen molar-refractivity contribution in [2.45, 2.75) is 23.5 Å². The van der Waals surface area contributed by atoms with Gasteiger partial charge in [-0.1, -0.05) is 29.3 Å². The third-order valence-electron chi connectivity index (χ3n) is 5.36. The fraction of sp³-hybridized carbons (Fsp3) is 0.435. The lowest BCUT2D eigenvalue weighted by atomic mass is 10.1. The number of halogens is 2. The zero-order chi connectivity index (χ0) is 24.6. The van der Waals surface area contributed by atoms with Crippen LogP contribution in [0.25, 0.3) is 0 Å². The van der Waals surface area contributed by atoms with Gasteiger partial charge < -0.3 is 14.8 Å².